The molecule has 3 N–H and O–H groups in total. The minimum absolute atomic E-state index is 0.0538. The van der Waals surface area contributed by atoms with Crippen molar-refractivity contribution < 1.29 is 13.9 Å². The van der Waals surface area contributed by atoms with Gasteiger partial charge in [-0.15, -0.1) is 0 Å². The van der Waals surface area contributed by atoms with E-state index in [9.17, 15) is 9.50 Å². The number of nitrogens with one attached hydrogen (secondary N) is 2. The van der Waals surface area contributed by atoms with Gasteiger partial charge in [0.2, 0.25) is 0 Å². The van der Waals surface area contributed by atoms with Gasteiger partial charge in [-0.2, -0.15) is 5.26 Å². The monoisotopic (exact) mass is 261 g/mol. The van der Waals surface area contributed by atoms with Gasteiger partial charge in [0.1, 0.15) is 11.9 Å². The molecule has 19 heavy (non-hydrogen) atoms. The number of aliphatic hydroxyl groups is 1. The SMILES string of the molecule is CCc1coc2c(F)ccc(C(O)C(=N)NC#N)c12. The number of aliphatic hydroxyl groups excluding tert-OH is 1. The number of amidine groups is 1. The molecular formula is C13H12FN3O2. The summed E-state index contributed by atoms with van der Waals surface area (Å²) >= 11 is 0. The predicted molar refractivity (Wildman–Crippen MR) is 67.0 cm³/mol. The summed E-state index contributed by atoms with van der Waals surface area (Å²) in [6, 6.07) is 2.56. The van der Waals surface area contributed by atoms with Gasteiger partial charge < -0.3 is 9.52 Å². The first-order valence-corrected chi connectivity index (χ1v) is 5.70. The maximum atomic E-state index is 13.6. The van der Waals surface area contributed by atoms with Crippen molar-refractivity contribution in [3.63, 3.8) is 0 Å². The summed E-state index contributed by atoms with van der Waals surface area (Å²) in [5, 5.41) is 28.6. The second kappa shape index (κ2) is 5.08. The Hall–Kier alpha value is -2.39. The molecule has 0 aliphatic rings. The molecule has 0 amide bonds. The number of rotatable bonds is 3. The summed E-state index contributed by atoms with van der Waals surface area (Å²) in [4.78, 5) is 0. The summed E-state index contributed by atoms with van der Waals surface area (Å²) < 4.78 is 18.8. The third-order valence-electron chi connectivity index (χ3n) is 2.92. The molecule has 0 bridgehead atoms. The molecule has 0 saturated carbocycles. The van der Waals surface area contributed by atoms with Gasteiger partial charge in [-0.25, -0.2) is 4.39 Å². The van der Waals surface area contributed by atoms with Gasteiger partial charge in [0.15, 0.2) is 17.6 Å². The van der Waals surface area contributed by atoms with E-state index >= 15 is 0 Å². The van der Waals surface area contributed by atoms with Crippen LogP contribution in [0.1, 0.15) is 24.2 Å². The lowest BCUT2D eigenvalue weighted by Crippen LogP contribution is -2.24. The van der Waals surface area contributed by atoms with Gasteiger partial charge in [-0.1, -0.05) is 13.0 Å². The largest absolute Gasteiger partial charge is 0.461 e. The van der Waals surface area contributed by atoms with Crippen LogP contribution in [0.15, 0.2) is 22.8 Å². The van der Waals surface area contributed by atoms with E-state index in [0.29, 0.717) is 17.4 Å². The van der Waals surface area contributed by atoms with Crippen LogP contribution in [0.5, 0.6) is 0 Å². The molecule has 2 aromatic rings. The summed E-state index contributed by atoms with van der Waals surface area (Å²) in [6.45, 7) is 1.88. The normalized spacial score (nSPS) is 12.1. The average molecular weight is 261 g/mol. The fourth-order valence-corrected chi connectivity index (χ4v) is 1.98. The zero-order valence-electron chi connectivity index (χ0n) is 10.2. The topological polar surface area (TPSA) is 93.0 Å². The first-order valence-electron chi connectivity index (χ1n) is 5.70. The van der Waals surface area contributed by atoms with Crippen molar-refractivity contribution in [1.82, 2.24) is 5.32 Å². The third-order valence-corrected chi connectivity index (χ3v) is 2.92. The number of fused-ring (bicyclic) bond motifs is 1. The Bertz CT molecular complexity index is 672. The molecule has 1 atom stereocenters. The van der Waals surface area contributed by atoms with Crippen molar-refractivity contribution in [3.8, 4) is 6.19 Å². The highest BCUT2D eigenvalue weighted by molar-refractivity contribution is 5.93. The molecule has 1 unspecified atom stereocenters. The van der Waals surface area contributed by atoms with Crippen LogP contribution in [-0.2, 0) is 6.42 Å². The number of hydrogen-bond donors (Lipinski definition) is 3. The van der Waals surface area contributed by atoms with Crippen molar-refractivity contribution in [2.45, 2.75) is 19.4 Å². The second-order valence-electron chi connectivity index (χ2n) is 4.01. The number of hydrogen-bond acceptors (Lipinski definition) is 4. The minimum atomic E-state index is -1.33. The second-order valence-corrected chi connectivity index (χ2v) is 4.01. The van der Waals surface area contributed by atoms with Gasteiger partial charge in [0.05, 0.1) is 6.26 Å². The van der Waals surface area contributed by atoms with E-state index in [1.807, 2.05) is 6.92 Å². The van der Waals surface area contributed by atoms with Crippen LogP contribution in [0, 0.1) is 22.7 Å². The van der Waals surface area contributed by atoms with Crippen LogP contribution in [0.4, 0.5) is 4.39 Å². The van der Waals surface area contributed by atoms with E-state index in [1.165, 1.54) is 18.4 Å². The molecule has 1 aromatic carbocycles. The minimum Gasteiger partial charge on any atom is -0.461 e. The van der Waals surface area contributed by atoms with Gasteiger partial charge in [-0.3, -0.25) is 10.7 Å². The maximum absolute atomic E-state index is 13.6. The van der Waals surface area contributed by atoms with Gasteiger partial charge in [-0.05, 0) is 23.6 Å². The van der Waals surface area contributed by atoms with Crippen LogP contribution in [0.3, 0.4) is 0 Å². The molecule has 98 valence electrons. The molecular weight excluding hydrogens is 249 g/mol. The number of nitrogens with zero attached hydrogens (tertiary/aromatic N) is 1. The Kier molecular flexibility index (Phi) is 3.49. The van der Waals surface area contributed by atoms with Gasteiger partial charge in [0, 0.05) is 5.39 Å². The molecule has 5 nitrogen and oxygen atoms in total. The molecule has 0 aliphatic heterocycles. The molecule has 1 heterocycles. The first-order chi connectivity index (χ1) is 9.10. The Morgan fingerprint density at radius 2 is 2.37 bits per heavy atom. The molecule has 0 saturated heterocycles. The summed E-state index contributed by atoms with van der Waals surface area (Å²) in [5.41, 5.74) is 1.14. The fourth-order valence-electron chi connectivity index (χ4n) is 1.98. The van der Waals surface area contributed by atoms with E-state index in [0.717, 1.165) is 5.56 Å². The smallest absolute Gasteiger partial charge is 0.182 e. The van der Waals surface area contributed by atoms with Crippen molar-refractivity contribution in [2.75, 3.05) is 0 Å². The number of benzene rings is 1. The lowest BCUT2D eigenvalue weighted by Gasteiger charge is -2.12. The molecule has 1 aromatic heterocycles. The molecule has 2 rings (SSSR count). The Morgan fingerprint density at radius 3 is 3.00 bits per heavy atom. The van der Waals surface area contributed by atoms with Crippen LogP contribution < -0.4 is 5.32 Å². The van der Waals surface area contributed by atoms with Gasteiger partial charge >= 0.3 is 0 Å². The van der Waals surface area contributed by atoms with Crippen LogP contribution in [0.2, 0.25) is 0 Å². The lowest BCUT2D eigenvalue weighted by atomic mass is 9.99. The van der Waals surface area contributed by atoms with E-state index < -0.39 is 11.9 Å². The highest BCUT2D eigenvalue weighted by Gasteiger charge is 2.21. The van der Waals surface area contributed by atoms with Crippen LogP contribution >= 0.6 is 0 Å². The maximum Gasteiger partial charge on any atom is 0.182 e. The molecule has 0 spiro atoms. The molecule has 0 radical (unpaired) electrons. The fraction of sp³-hybridized carbons (Fsp3) is 0.231. The van der Waals surface area contributed by atoms with E-state index in [2.05, 4.69) is 5.32 Å². The van der Waals surface area contributed by atoms with Crippen molar-refractivity contribution in [3.05, 3.63) is 35.3 Å². The Labute approximate surface area is 108 Å². The van der Waals surface area contributed by atoms with E-state index in [1.54, 1.807) is 6.19 Å². The molecule has 0 aliphatic carbocycles. The third kappa shape index (κ3) is 2.16. The van der Waals surface area contributed by atoms with Crippen LogP contribution in [-0.4, -0.2) is 10.9 Å². The number of halogens is 1. The summed E-state index contributed by atoms with van der Waals surface area (Å²) in [7, 11) is 0. The zero-order chi connectivity index (χ0) is 14.0. The van der Waals surface area contributed by atoms with Crippen molar-refractivity contribution in [2.24, 2.45) is 0 Å². The highest BCUT2D eigenvalue weighted by Crippen LogP contribution is 2.31. The molecule has 0 fully saturated rings. The zero-order valence-corrected chi connectivity index (χ0v) is 10.2. The number of furan rings is 1. The van der Waals surface area contributed by atoms with E-state index in [-0.39, 0.29) is 11.4 Å². The molecule has 6 heteroatoms. The highest BCUT2D eigenvalue weighted by atomic mass is 19.1. The number of nitriles is 1. The predicted octanol–water partition coefficient (Wildman–Crippen LogP) is 2.22. The Balaban J connectivity index is 2.61. The Morgan fingerprint density at radius 1 is 1.63 bits per heavy atom. The van der Waals surface area contributed by atoms with Crippen molar-refractivity contribution >= 4 is 16.8 Å². The standard InChI is InChI=1S/C13H12FN3O2/c1-2-7-5-19-12-9(14)4-3-8(10(7)12)11(18)13(16)17-6-15/h3-5,11,18H,2H2,1H3,(H2,16,17). The first kappa shape index (κ1) is 13.1. The lowest BCUT2D eigenvalue weighted by molar-refractivity contribution is 0.244. The van der Waals surface area contributed by atoms with E-state index in [4.69, 9.17) is 15.1 Å². The van der Waals surface area contributed by atoms with Crippen molar-refractivity contribution in [1.29, 1.82) is 10.7 Å². The average Bonchev–Trinajstić information content (AvgIpc) is 2.83. The van der Waals surface area contributed by atoms with Gasteiger partial charge in [0.25, 0.3) is 0 Å². The number of aryl methyl sites for hydroxylation is 1. The summed E-state index contributed by atoms with van der Waals surface area (Å²) in [6.07, 6.45) is 2.28. The summed E-state index contributed by atoms with van der Waals surface area (Å²) in [5.74, 6) is -0.885. The van der Waals surface area contributed by atoms with Crippen LogP contribution in [0.25, 0.3) is 11.0 Å². The quantitative estimate of drug-likeness (QED) is 0.342.